The first-order valence-electron chi connectivity index (χ1n) is 7.40. The van der Waals surface area contributed by atoms with E-state index in [1.165, 1.54) is 22.1 Å². The molecular formula is C16H25BrN2O. The minimum atomic E-state index is -0.0704. The predicted molar refractivity (Wildman–Crippen MR) is 88.4 cm³/mol. The molecule has 1 heterocycles. The first-order valence-corrected chi connectivity index (χ1v) is 8.19. The SMILES string of the molecule is CCCNCc1ccc(N2CCOC(C)(C)C2)c(Br)c1. The monoisotopic (exact) mass is 340 g/mol. The second kappa shape index (κ2) is 6.92. The normalized spacial score (nSPS) is 18.3. The maximum absolute atomic E-state index is 5.78. The standard InChI is InChI=1S/C16H25BrN2O/c1-4-7-18-11-13-5-6-15(14(17)10-13)19-8-9-20-16(2,3)12-19/h5-6,10,18H,4,7-9,11-12H2,1-3H3. The summed E-state index contributed by atoms with van der Waals surface area (Å²) in [5.74, 6) is 0. The van der Waals surface area contributed by atoms with Gasteiger partial charge in [-0.3, -0.25) is 0 Å². The Morgan fingerprint density at radius 2 is 2.20 bits per heavy atom. The molecule has 2 rings (SSSR count). The molecule has 0 saturated carbocycles. The van der Waals surface area contributed by atoms with Gasteiger partial charge in [0.15, 0.2) is 0 Å². The maximum atomic E-state index is 5.78. The maximum Gasteiger partial charge on any atom is 0.0801 e. The van der Waals surface area contributed by atoms with Gasteiger partial charge in [-0.05, 0) is 60.4 Å². The van der Waals surface area contributed by atoms with Gasteiger partial charge in [-0.1, -0.05) is 13.0 Å². The molecule has 112 valence electrons. The number of morpholine rings is 1. The molecule has 1 aromatic rings. The number of hydrogen-bond acceptors (Lipinski definition) is 3. The first-order chi connectivity index (χ1) is 9.52. The van der Waals surface area contributed by atoms with Crippen molar-refractivity contribution in [2.75, 3.05) is 31.1 Å². The van der Waals surface area contributed by atoms with Crippen LogP contribution in [0.2, 0.25) is 0 Å². The summed E-state index contributed by atoms with van der Waals surface area (Å²) in [6, 6.07) is 6.65. The van der Waals surface area contributed by atoms with Crippen LogP contribution < -0.4 is 10.2 Å². The Balaban J connectivity index is 2.05. The molecular weight excluding hydrogens is 316 g/mol. The molecule has 0 atom stereocenters. The summed E-state index contributed by atoms with van der Waals surface area (Å²) >= 11 is 3.72. The fraction of sp³-hybridized carbons (Fsp3) is 0.625. The van der Waals surface area contributed by atoms with Gasteiger partial charge in [-0.2, -0.15) is 0 Å². The molecule has 0 aromatic heterocycles. The second-order valence-corrected chi connectivity index (χ2v) is 6.85. The largest absolute Gasteiger partial charge is 0.372 e. The lowest BCUT2D eigenvalue weighted by molar-refractivity contribution is -0.0277. The van der Waals surface area contributed by atoms with Crippen LogP contribution in [0, 0.1) is 0 Å². The number of nitrogens with one attached hydrogen (secondary N) is 1. The van der Waals surface area contributed by atoms with Gasteiger partial charge < -0.3 is 15.0 Å². The molecule has 0 radical (unpaired) electrons. The lowest BCUT2D eigenvalue weighted by Gasteiger charge is -2.39. The molecule has 0 aliphatic carbocycles. The summed E-state index contributed by atoms with van der Waals surface area (Å²) in [4.78, 5) is 2.40. The van der Waals surface area contributed by atoms with Crippen molar-refractivity contribution < 1.29 is 4.74 Å². The van der Waals surface area contributed by atoms with Gasteiger partial charge in [-0.25, -0.2) is 0 Å². The Hall–Kier alpha value is -0.580. The molecule has 0 amide bonds. The smallest absolute Gasteiger partial charge is 0.0801 e. The lowest BCUT2D eigenvalue weighted by atomic mass is 10.1. The van der Waals surface area contributed by atoms with E-state index >= 15 is 0 Å². The van der Waals surface area contributed by atoms with Crippen molar-refractivity contribution in [2.45, 2.75) is 39.3 Å². The van der Waals surface area contributed by atoms with E-state index in [-0.39, 0.29) is 5.60 Å². The number of nitrogens with zero attached hydrogens (tertiary/aromatic N) is 1. The van der Waals surface area contributed by atoms with Crippen LogP contribution in [-0.2, 0) is 11.3 Å². The quantitative estimate of drug-likeness (QED) is 0.829. The zero-order chi connectivity index (χ0) is 14.6. The average Bonchev–Trinajstić information content (AvgIpc) is 2.38. The van der Waals surface area contributed by atoms with E-state index in [0.29, 0.717) is 0 Å². The van der Waals surface area contributed by atoms with Crippen molar-refractivity contribution in [1.29, 1.82) is 0 Å². The number of anilines is 1. The van der Waals surface area contributed by atoms with Crippen LogP contribution in [0.5, 0.6) is 0 Å². The highest BCUT2D eigenvalue weighted by molar-refractivity contribution is 9.10. The molecule has 0 unspecified atom stereocenters. The highest BCUT2D eigenvalue weighted by Crippen LogP contribution is 2.30. The summed E-state index contributed by atoms with van der Waals surface area (Å²) in [6.45, 7) is 11.2. The zero-order valence-corrected chi connectivity index (χ0v) is 14.3. The molecule has 0 spiro atoms. The summed E-state index contributed by atoms with van der Waals surface area (Å²) in [6.07, 6.45) is 1.17. The molecule has 1 aliphatic rings. The molecule has 1 fully saturated rings. The van der Waals surface area contributed by atoms with Gasteiger partial charge in [0.25, 0.3) is 0 Å². The minimum absolute atomic E-state index is 0.0704. The van der Waals surface area contributed by atoms with E-state index in [2.05, 4.69) is 65.1 Å². The number of benzene rings is 1. The number of ether oxygens (including phenoxy) is 1. The van der Waals surface area contributed by atoms with Crippen LogP contribution in [0.15, 0.2) is 22.7 Å². The fourth-order valence-electron chi connectivity index (χ4n) is 2.55. The summed E-state index contributed by atoms with van der Waals surface area (Å²) in [5.41, 5.74) is 2.51. The lowest BCUT2D eigenvalue weighted by Crippen LogP contribution is -2.48. The molecule has 1 aliphatic heterocycles. The van der Waals surface area contributed by atoms with E-state index < -0.39 is 0 Å². The second-order valence-electron chi connectivity index (χ2n) is 5.99. The Morgan fingerprint density at radius 1 is 1.40 bits per heavy atom. The van der Waals surface area contributed by atoms with Crippen LogP contribution >= 0.6 is 15.9 Å². The van der Waals surface area contributed by atoms with Gasteiger partial charge in [0, 0.05) is 24.1 Å². The van der Waals surface area contributed by atoms with Crippen molar-refractivity contribution in [2.24, 2.45) is 0 Å². The van der Waals surface area contributed by atoms with E-state index in [4.69, 9.17) is 4.74 Å². The fourth-order valence-corrected chi connectivity index (χ4v) is 3.23. The predicted octanol–water partition coefficient (Wildman–Crippen LogP) is 3.56. The van der Waals surface area contributed by atoms with E-state index in [0.717, 1.165) is 32.8 Å². The van der Waals surface area contributed by atoms with Crippen LogP contribution in [0.25, 0.3) is 0 Å². The summed E-state index contributed by atoms with van der Waals surface area (Å²) < 4.78 is 6.95. The van der Waals surface area contributed by atoms with Crippen molar-refractivity contribution in [3.05, 3.63) is 28.2 Å². The van der Waals surface area contributed by atoms with Crippen LogP contribution in [0.4, 0.5) is 5.69 Å². The van der Waals surface area contributed by atoms with Gasteiger partial charge in [0.05, 0.1) is 17.9 Å². The zero-order valence-electron chi connectivity index (χ0n) is 12.7. The minimum Gasteiger partial charge on any atom is -0.372 e. The van der Waals surface area contributed by atoms with E-state index in [9.17, 15) is 0 Å². The molecule has 1 aromatic carbocycles. The Labute approximate surface area is 130 Å². The van der Waals surface area contributed by atoms with Crippen LogP contribution in [-0.4, -0.2) is 31.8 Å². The first kappa shape index (κ1) is 15.8. The molecule has 4 heteroatoms. The topological polar surface area (TPSA) is 24.5 Å². The van der Waals surface area contributed by atoms with Crippen molar-refractivity contribution >= 4 is 21.6 Å². The third-order valence-corrected chi connectivity index (χ3v) is 4.17. The molecule has 0 bridgehead atoms. The highest BCUT2D eigenvalue weighted by atomic mass is 79.9. The molecule has 3 nitrogen and oxygen atoms in total. The number of rotatable bonds is 5. The molecule has 1 N–H and O–H groups in total. The van der Waals surface area contributed by atoms with E-state index in [1.54, 1.807) is 0 Å². The number of halogens is 1. The van der Waals surface area contributed by atoms with Crippen molar-refractivity contribution in [1.82, 2.24) is 5.32 Å². The Bertz CT molecular complexity index is 448. The van der Waals surface area contributed by atoms with Crippen molar-refractivity contribution in [3.63, 3.8) is 0 Å². The third kappa shape index (κ3) is 4.21. The van der Waals surface area contributed by atoms with Gasteiger partial charge in [-0.15, -0.1) is 0 Å². The molecule has 20 heavy (non-hydrogen) atoms. The third-order valence-electron chi connectivity index (χ3n) is 3.53. The average molecular weight is 341 g/mol. The molecule has 1 saturated heterocycles. The highest BCUT2D eigenvalue weighted by Gasteiger charge is 2.28. The Morgan fingerprint density at radius 3 is 2.85 bits per heavy atom. The Kier molecular flexibility index (Phi) is 5.47. The summed E-state index contributed by atoms with van der Waals surface area (Å²) in [5, 5.41) is 3.44. The van der Waals surface area contributed by atoms with Gasteiger partial charge in [0.1, 0.15) is 0 Å². The van der Waals surface area contributed by atoms with Crippen LogP contribution in [0.1, 0.15) is 32.8 Å². The van der Waals surface area contributed by atoms with Crippen LogP contribution in [0.3, 0.4) is 0 Å². The van der Waals surface area contributed by atoms with Crippen molar-refractivity contribution in [3.8, 4) is 0 Å². The summed E-state index contributed by atoms with van der Waals surface area (Å²) in [7, 11) is 0. The number of hydrogen-bond donors (Lipinski definition) is 1. The van der Waals surface area contributed by atoms with Gasteiger partial charge in [0.2, 0.25) is 0 Å². The van der Waals surface area contributed by atoms with Gasteiger partial charge >= 0.3 is 0 Å². The van der Waals surface area contributed by atoms with E-state index in [1.807, 2.05) is 0 Å².